The van der Waals surface area contributed by atoms with E-state index in [-0.39, 0.29) is 5.88 Å². The summed E-state index contributed by atoms with van der Waals surface area (Å²) in [6, 6.07) is 1.25. The van der Waals surface area contributed by atoms with E-state index in [4.69, 9.17) is 0 Å². The third-order valence-electron chi connectivity index (χ3n) is 0.414. The molecule has 0 atom stereocenters. The molecule has 3 nitrogen and oxygen atoms in total. The van der Waals surface area contributed by atoms with Crippen LogP contribution in [0.15, 0.2) is 16.9 Å². The number of hydrogen-bond donors (Lipinski definition) is 0. The Morgan fingerprint density at radius 1 is 1.83 bits per heavy atom. The lowest BCUT2D eigenvalue weighted by atomic mass is 10.7. The topological polar surface area (TPSA) is 45.9 Å². The summed E-state index contributed by atoms with van der Waals surface area (Å²) in [4.78, 5) is 0. The molecule has 0 saturated heterocycles. The highest BCUT2D eigenvalue weighted by Gasteiger charge is 1.85. The summed E-state index contributed by atoms with van der Waals surface area (Å²) in [5.74, 6) is -0.324. The standard InChI is InChI=1S/C3H2NO2/c5-3-1-2-6-4-3/h1-2H. The lowest BCUT2D eigenvalue weighted by Gasteiger charge is -1.56. The lowest BCUT2D eigenvalue weighted by molar-refractivity contribution is 0.296. The zero-order valence-corrected chi connectivity index (χ0v) is 2.92. The molecule has 1 heterocycles. The van der Waals surface area contributed by atoms with Gasteiger partial charge in [0, 0.05) is 6.07 Å². The van der Waals surface area contributed by atoms with Gasteiger partial charge in [-0.15, -0.1) is 0 Å². The highest BCUT2D eigenvalue weighted by molar-refractivity contribution is 4.97. The number of rotatable bonds is 0. The Hall–Kier alpha value is -0.990. The molecule has 3 heteroatoms. The summed E-state index contributed by atoms with van der Waals surface area (Å²) in [7, 11) is 0. The van der Waals surface area contributed by atoms with Gasteiger partial charge >= 0.3 is 5.88 Å². The number of aromatic nitrogens is 1. The molecule has 1 rings (SSSR count). The van der Waals surface area contributed by atoms with Crippen LogP contribution in [0.25, 0.3) is 0 Å². The first-order valence-corrected chi connectivity index (χ1v) is 1.47. The summed E-state index contributed by atoms with van der Waals surface area (Å²) in [6.45, 7) is 0. The molecule has 0 fully saturated rings. The maximum Gasteiger partial charge on any atom is 0.308 e. The molecule has 6 heavy (non-hydrogen) atoms. The second-order valence-electron chi connectivity index (χ2n) is 0.838. The number of nitrogens with zero attached hydrogens (tertiary/aromatic N) is 1. The summed E-state index contributed by atoms with van der Waals surface area (Å²) in [5.41, 5.74) is 0. The predicted octanol–water partition coefficient (Wildman–Crippen LogP) is 0.818. The van der Waals surface area contributed by atoms with E-state index in [9.17, 15) is 5.11 Å². The van der Waals surface area contributed by atoms with E-state index in [0.717, 1.165) is 0 Å². The zero-order valence-electron chi connectivity index (χ0n) is 2.92. The fraction of sp³-hybridized carbons (Fsp3) is 0. The molecule has 0 saturated carbocycles. The second kappa shape index (κ2) is 1.01. The third-order valence-corrected chi connectivity index (χ3v) is 0.414. The maximum atomic E-state index is 9.86. The maximum absolute atomic E-state index is 9.86. The Labute approximate surface area is 34.2 Å². The van der Waals surface area contributed by atoms with Crippen LogP contribution < -0.4 is 0 Å². The summed E-state index contributed by atoms with van der Waals surface area (Å²) >= 11 is 0. The highest BCUT2D eigenvalue weighted by atomic mass is 16.5. The minimum Gasteiger partial charge on any atom is -0.361 e. The fourth-order valence-corrected chi connectivity index (χ4v) is 0.201. The van der Waals surface area contributed by atoms with Crippen molar-refractivity contribution < 1.29 is 9.63 Å². The van der Waals surface area contributed by atoms with Gasteiger partial charge in [-0.25, -0.2) is 0 Å². The molecule has 0 aliphatic rings. The van der Waals surface area contributed by atoms with Gasteiger partial charge in [-0.05, 0) is 5.16 Å². The first kappa shape index (κ1) is 3.21. The molecule has 0 bridgehead atoms. The molecule has 1 aromatic heterocycles. The van der Waals surface area contributed by atoms with Gasteiger partial charge in [0.1, 0.15) is 6.26 Å². The zero-order chi connectivity index (χ0) is 4.41. The third kappa shape index (κ3) is 0.337. The molecule has 0 amide bonds. The lowest BCUT2D eigenvalue weighted by Crippen LogP contribution is -1.48. The van der Waals surface area contributed by atoms with Crippen LogP contribution in [0.5, 0.6) is 5.88 Å². The molecule has 0 unspecified atom stereocenters. The molecule has 0 spiro atoms. The van der Waals surface area contributed by atoms with Crippen molar-refractivity contribution in [1.29, 1.82) is 0 Å². The summed E-state index contributed by atoms with van der Waals surface area (Å²) < 4.78 is 4.15. The van der Waals surface area contributed by atoms with Crippen molar-refractivity contribution >= 4 is 0 Å². The van der Waals surface area contributed by atoms with Crippen LogP contribution in [-0.2, 0) is 5.11 Å². The van der Waals surface area contributed by atoms with Gasteiger partial charge in [0.25, 0.3) is 0 Å². The van der Waals surface area contributed by atoms with Gasteiger partial charge in [-0.1, -0.05) is 0 Å². The van der Waals surface area contributed by atoms with E-state index in [1.165, 1.54) is 12.3 Å². The van der Waals surface area contributed by atoms with Crippen LogP contribution in [0.1, 0.15) is 0 Å². The average molecular weight is 84.1 g/mol. The molecule has 31 valence electrons. The normalized spacial score (nSPS) is 8.67. The van der Waals surface area contributed by atoms with E-state index in [1.54, 1.807) is 0 Å². The van der Waals surface area contributed by atoms with Crippen LogP contribution in [-0.4, -0.2) is 5.16 Å². The molecule has 0 aliphatic carbocycles. The van der Waals surface area contributed by atoms with E-state index in [0.29, 0.717) is 0 Å². The predicted molar refractivity (Wildman–Crippen MR) is 16.6 cm³/mol. The van der Waals surface area contributed by atoms with Gasteiger partial charge in [-0.2, -0.15) is 0 Å². The largest absolute Gasteiger partial charge is 0.361 e. The van der Waals surface area contributed by atoms with Crippen LogP contribution in [0.3, 0.4) is 0 Å². The van der Waals surface area contributed by atoms with Crippen molar-refractivity contribution in [3.05, 3.63) is 12.3 Å². The highest BCUT2D eigenvalue weighted by Crippen LogP contribution is 1.99. The average Bonchev–Trinajstić information content (AvgIpc) is 1.86. The minimum atomic E-state index is -0.324. The van der Waals surface area contributed by atoms with Crippen molar-refractivity contribution in [3.8, 4) is 5.88 Å². The molecule has 0 N–H and O–H groups in total. The first-order valence-electron chi connectivity index (χ1n) is 1.47. The molecule has 1 radical (unpaired) electrons. The summed E-state index contributed by atoms with van der Waals surface area (Å²) in [5, 5.41) is 12.9. The summed E-state index contributed by atoms with van der Waals surface area (Å²) in [6.07, 6.45) is 1.24. The van der Waals surface area contributed by atoms with Gasteiger partial charge < -0.3 is 4.52 Å². The van der Waals surface area contributed by atoms with Crippen LogP contribution in [0.2, 0.25) is 0 Å². The van der Waals surface area contributed by atoms with Crippen molar-refractivity contribution in [2.24, 2.45) is 0 Å². The SMILES string of the molecule is [O]c1ccon1. The Balaban J connectivity index is 3.05. The van der Waals surface area contributed by atoms with Crippen LogP contribution >= 0.6 is 0 Å². The van der Waals surface area contributed by atoms with Crippen molar-refractivity contribution in [3.63, 3.8) is 0 Å². The Bertz CT molecular complexity index is 112. The van der Waals surface area contributed by atoms with Crippen molar-refractivity contribution in [2.75, 3.05) is 0 Å². The molecular formula is C3H2NO2. The van der Waals surface area contributed by atoms with Gasteiger partial charge in [0.2, 0.25) is 0 Å². The smallest absolute Gasteiger partial charge is 0.308 e. The second-order valence-corrected chi connectivity index (χ2v) is 0.838. The molecule has 0 aromatic carbocycles. The molecule has 1 aromatic rings. The van der Waals surface area contributed by atoms with E-state index in [1.807, 2.05) is 0 Å². The number of hydrogen-bond acceptors (Lipinski definition) is 2. The monoisotopic (exact) mass is 84.0 g/mol. The van der Waals surface area contributed by atoms with Gasteiger partial charge in [0.05, 0.1) is 0 Å². The first-order chi connectivity index (χ1) is 2.89. The van der Waals surface area contributed by atoms with Crippen LogP contribution in [0, 0.1) is 0 Å². The molecule has 0 aliphatic heterocycles. The quantitative estimate of drug-likeness (QED) is 0.467. The Morgan fingerprint density at radius 3 is 2.83 bits per heavy atom. The van der Waals surface area contributed by atoms with E-state index in [2.05, 4.69) is 9.68 Å². The van der Waals surface area contributed by atoms with Crippen LogP contribution in [0.4, 0.5) is 0 Å². The van der Waals surface area contributed by atoms with E-state index >= 15 is 0 Å². The van der Waals surface area contributed by atoms with Gasteiger partial charge in [0.15, 0.2) is 0 Å². The van der Waals surface area contributed by atoms with Crippen molar-refractivity contribution in [1.82, 2.24) is 5.16 Å². The fourth-order valence-electron chi connectivity index (χ4n) is 0.201. The Morgan fingerprint density at radius 2 is 2.67 bits per heavy atom. The molecular weight excluding hydrogens is 82.0 g/mol. The van der Waals surface area contributed by atoms with Gasteiger partial charge in [-0.3, -0.25) is 5.11 Å². The van der Waals surface area contributed by atoms with Crippen molar-refractivity contribution in [2.45, 2.75) is 0 Å². The minimum absolute atomic E-state index is 0.324. The van der Waals surface area contributed by atoms with E-state index < -0.39 is 0 Å². The Kier molecular flexibility index (Phi) is 0.538.